The molecule has 3 aliphatic rings. The van der Waals surface area contributed by atoms with Crippen molar-refractivity contribution in [3.8, 4) is 0 Å². The van der Waals surface area contributed by atoms with E-state index in [9.17, 15) is 9.59 Å². The van der Waals surface area contributed by atoms with Crippen molar-refractivity contribution in [2.24, 2.45) is 11.8 Å². The van der Waals surface area contributed by atoms with Crippen molar-refractivity contribution in [1.82, 2.24) is 9.47 Å². The molecule has 0 unspecified atom stereocenters. The minimum atomic E-state index is 0.0855. The molecular weight excluding hydrogens is 364 g/mol. The molecule has 3 atom stereocenters. The van der Waals surface area contributed by atoms with Crippen molar-refractivity contribution in [3.05, 3.63) is 70.1 Å². The van der Waals surface area contributed by atoms with Crippen molar-refractivity contribution in [1.29, 1.82) is 0 Å². The number of amides is 1. The third-order valence-electron chi connectivity index (χ3n) is 6.97. The molecule has 5 heteroatoms. The number of hydrogen-bond donors (Lipinski definition) is 0. The Kier molecular flexibility index (Phi) is 5.00. The van der Waals surface area contributed by atoms with E-state index in [4.69, 9.17) is 4.74 Å². The summed E-state index contributed by atoms with van der Waals surface area (Å²) in [7, 11) is 0. The van der Waals surface area contributed by atoms with Gasteiger partial charge in [-0.2, -0.15) is 0 Å². The molecule has 1 aromatic carbocycles. The largest absolute Gasteiger partial charge is 0.381 e. The van der Waals surface area contributed by atoms with E-state index in [0.29, 0.717) is 19.1 Å². The predicted molar refractivity (Wildman–Crippen MR) is 111 cm³/mol. The topological polar surface area (TPSA) is 51.5 Å². The lowest BCUT2D eigenvalue weighted by Crippen LogP contribution is -2.53. The fourth-order valence-electron chi connectivity index (χ4n) is 5.54. The molecule has 4 heterocycles. The molecule has 2 saturated heterocycles. The van der Waals surface area contributed by atoms with Crippen LogP contribution in [0.2, 0.25) is 0 Å². The Bertz CT molecular complexity index is 933. The van der Waals surface area contributed by atoms with Crippen molar-refractivity contribution >= 4 is 5.91 Å². The second-order valence-electron chi connectivity index (χ2n) is 8.74. The molecule has 1 aromatic heterocycles. The maximum atomic E-state index is 13.2. The molecule has 29 heavy (non-hydrogen) atoms. The number of carbonyl (C=O) groups is 1. The van der Waals surface area contributed by atoms with Gasteiger partial charge >= 0.3 is 0 Å². The third-order valence-corrected chi connectivity index (χ3v) is 6.97. The van der Waals surface area contributed by atoms with Gasteiger partial charge in [0.25, 0.3) is 5.56 Å². The summed E-state index contributed by atoms with van der Waals surface area (Å²) >= 11 is 0. The van der Waals surface area contributed by atoms with Crippen LogP contribution in [0.3, 0.4) is 0 Å². The number of aromatic nitrogens is 1. The van der Waals surface area contributed by atoms with Gasteiger partial charge in [-0.05, 0) is 43.2 Å². The summed E-state index contributed by atoms with van der Waals surface area (Å²) in [5.41, 5.74) is 2.42. The van der Waals surface area contributed by atoms with Crippen LogP contribution >= 0.6 is 0 Å². The Balaban J connectivity index is 1.47. The molecule has 0 saturated carbocycles. The minimum absolute atomic E-state index is 0.0855. The minimum Gasteiger partial charge on any atom is -0.381 e. The van der Waals surface area contributed by atoms with Gasteiger partial charge in [0.05, 0.1) is 0 Å². The zero-order valence-corrected chi connectivity index (χ0v) is 16.7. The number of piperidine rings is 1. The van der Waals surface area contributed by atoms with E-state index < -0.39 is 0 Å². The van der Waals surface area contributed by atoms with E-state index in [-0.39, 0.29) is 29.3 Å². The Morgan fingerprint density at radius 1 is 1.00 bits per heavy atom. The van der Waals surface area contributed by atoms with Gasteiger partial charge in [0.15, 0.2) is 0 Å². The zero-order chi connectivity index (χ0) is 19.8. The van der Waals surface area contributed by atoms with Gasteiger partial charge in [0.1, 0.15) is 0 Å². The van der Waals surface area contributed by atoms with E-state index in [1.807, 2.05) is 16.7 Å². The van der Waals surface area contributed by atoms with Gasteiger partial charge in [-0.3, -0.25) is 9.59 Å². The number of ether oxygens (including phenoxy) is 1. The summed E-state index contributed by atoms with van der Waals surface area (Å²) in [4.78, 5) is 28.1. The second-order valence-corrected chi connectivity index (χ2v) is 8.74. The molecule has 0 spiro atoms. The molecule has 2 aromatic rings. The van der Waals surface area contributed by atoms with Gasteiger partial charge in [-0.25, -0.2) is 0 Å². The van der Waals surface area contributed by atoms with Crippen LogP contribution in [0.4, 0.5) is 0 Å². The average Bonchev–Trinajstić information content (AvgIpc) is 2.77. The van der Waals surface area contributed by atoms with Gasteiger partial charge in [0.2, 0.25) is 5.91 Å². The van der Waals surface area contributed by atoms with Crippen molar-refractivity contribution in [2.75, 3.05) is 26.3 Å². The molecule has 2 fully saturated rings. The summed E-state index contributed by atoms with van der Waals surface area (Å²) in [6.45, 7) is 2.86. The monoisotopic (exact) mass is 392 g/mol. The SMILES string of the molecule is O=C(C1CCOCC1)N1C[C@H]2C[C@@H](C1)[C@H](Cc1ccccc1)n1c2cccc1=O. The molecule has 5 nitrogen and oxygen atoms in total. The Morgan fingerprint density at radius 3 is 2.59 bits per heavy atom. The Labute approximate surface area is 171 Å². The number of fused-ring (bicyclic) bond motifs is 4. The lowest BCUT2D eigenvalue weighted by Gasteiger charge is -2.48. The van der Waals surface area contributed by atoms with Crippen LogP contribution in [-0.4, -0.2) is 41.7 Å². The quantitative estimate of drug-likeness (QED) is 0.807. The second kappa shape index (κ2) is 7.79. The molecule has 0 aliphatic carbocycles. The maximum absolute atomic E-state index is 13.2. The summed E-state index contributed by atoms with van der Waals surface area (Å²) in [5.74, 6) is 0.935. The molecule has 5 rings (SSSR count). The van der Waals surface area contributed by atoms with Crippen molar-refractivity contribution < 1.29 is 9.53 Å². The molecular formula is C24H28N2O3. The van der Waals surface area contributed by atoms with Crippen LogP contribution in [0.5, 0.6) is 0 Å². The molecule has 3 aliphatic heterocycles. The Morgan fingerprint density at radius 2 is 1.79 bits per heavy atom. The lowest BCUT2D eigenvalue weighted by molar-refractivity contribution is -0.141. The number of rotatable bonds is 3. The van der Waals surface area contributed by atoms with E-state index >= 15 is 0 Å². The highest BCUT2D eigenvalue weighted by Gasteiger charge is 2.42. The number of carbonyl (C=O) groups excluding carboxylic acids is 1. The van der Waals surface area contributed by atoms with E-state index in [2.05, 4.69) is 35.2 Å². The number of nitrogens with zero attached hydrogens (tertiary/aromatic N) is 2. The highest BCUT2D eigenvalue weighted by atomic mass is 16.5. The first-order chi connectivity index (χ1) is 14.2. The first kappa shape index (κ1) is 18.6. The number of hydrogen-bond acceptors (Lipinski definition) is 3. The van der Waals surface area contributed by atoms with E-state index in [1.165, 1.54) is 5.56 Å². The van der Waals surface area contributed by atoms with Crippen LogP contribution in [0, 0.1) is 11.8 Å². The molecule has 152 valence electrons. The van der Waals surface area contributed by atoms with Crippen LogP contribution in [0.1, 0.15) is 42.5 Å². The summed E-state index contributed by atoms with van der Waals surface area (Å²) < 4.78 is 7.48. The molecule has 0 N–H and O–H groups in total. The van der Waals surface area contributed by atoms with Crippen molar-refractivity contribution in [2.45, 2.75) is 37.6 Å². The molecule has 0 radical (unpaired) electrons. The van der Waals surface area contributed by atoms with Gasteiger partial charge in [0, 0.05) is 55.9 Å². The number of likely N-dealkylation sites (tertiary alicyclic amines) is 1. The average molecular weight is 392 g/mol. The fraction of sp³-hybridized carbons (Fsp3) is 0.500. The van der Waals surface area contributed by atoms with Crippen LogP contribution < -0.4 is 5.56 Å². The van der Waals surface area contributed by atoms with Crippen LogP contribution in [-0.2, 0) is 16.0 Å². The first-order valence-corrected chi connectivity index (χ1v) is 10.8. The number of pyridine rings is 1. The highest BCUT2D eigenvalue weighted by molar-refractivity contribution is 5.79. The fourth-order valence-corrected chi connectivity index (χ4v) is 5.54. The van der Waals surface area contributed by atoms with E-state index in [1.54, 1.807) is 6.07 Å². The summed E-state index contributed by atoms with van der Waals surface area (Å²) in [6.07, 6.45) is 3.54. The van der Waals surface area contributed by atoms with Crippen LogP contribution in [0.15, 0.2) is 53.3 Å². The first-order valence-electron chi connectivity index (χ1n) is 10.8. The summed E-state index contributed by atoms with van der Waals surface area (Å²) in [6, 6.07) is 16.1. The van der Waals surface area contributed by atoms with E-state index in [0.717, 1.165) is 44.5 Å². The third kappa shape index (κ3) is 3.52. The lowest BCUT2D eigenvalue weighted by atomic mass is 9.76. The standard InChI is InChI=1S/C24H28N2O3/c27-23-8-4-7-21-19-14-20(22(26(21)23)13-17-5-2-1-3-6-17)16-25(15-19)24(28)18-9-11-29-12-10-18/h1-8,18-20,22H,9-16H2/t19-,20+,22+/m1/s1. The highest BCUT2D eigenvalue weighted by Crippen LogP contribution is 2.42. The number of benzene rings is 1. The van der Waals surface area contributed by atoms with Crippen molar-refractivity contribution in [3.63, 3.8) is 0 Å². The van der Waals surface area contributed by atoms with Crippen LogP contribution in [0.25, 0.3) is 0 Å². The smallest absolute Gasteiger partial charge is 0.251 e. The van der Waals surface area contributed by atoms with Gasteiger partial charge < -0.3 is 14.2 Å². The molecule has 1 amide bonds. The van der Waals surface area contributed by atoms with Gasteiger partial charge in [-0.1, -0.05) is 36.4 Å². The maximum Gasteiger partial charge on any atom is 0.251 e. The Hall–Kier alpha value is -2.40. The van der Waals surface area contributed by atoms with Gasteiger partial charge in [-0.15, -0.1) is 0 Å². The summed E-state index contributed by atoms with van der Waals surface area (Å²) in [5, 5.41) is 0. The molecule has 2 bridgehead atoms. The normalized spacial score (nSPS) is 26.8. The predicted octanol–water partition coefficient (Wildman–Crippen LogP) is 3.00. The zero-order valence-electron chi connectivity index (χ0n) is 16.7.